The molecule has 7 nitrogen and oxygen atoms in total. The van der Waals surface area contributed by atoms with Crippen LogP contribution in [0.5, 0.6) is 0 Å². The number of nitrogens with one attached hydrogen (secondary N) is 1. The molecule has 1 saturated heterocycles. The van der Waals surface area contributed by atoms with Crippen molar-refractivity contribution in [3.05, 3.63) is 70.8 Å². The topological polar surface area (TPSA) is 86.1 Å². The van der Waals surface area contributed by atoms with Crippen LogP contribution < -0.4 is 10.9 Å². The summed E-state index contributed by atoms with van der Waals surface area (Å²) >= 11 is 0. The summed E-state index contributed by atoms with van der Waals surface area (Å²) < 4.78 is 6.69. The van der Waals surface area contributed by atoms with Gasteiger partial charge in [0.25, 0.3) is 11.5 Å². The maximum Gasteiger partial charge on any atom is 0.258 e. The number of benzene rings is 2. The SMILES string of the molecule is Cn1ccc2cc(-c3cnc4ccc(C(=O)NCC5COC5)cc4n3)ccc2c1=O. The molecule has 0 saturated carbocycles. The fourth-order valence-corrected chi connectivity index (χ4v) is 3.54. The third-order valence-electron chi connectivity index (χ3n) is 5.44. The first-order chi connectivity index (χ1) is 14.6. The van der Waals surface area contributed by atoms with E-state index in [1.54, 1.807) is 42.2 Å². The van der Waals surface area contributed by atoms with Gasteiger partial charge in [0.05, 0.1) is 36.1 Å². The fraction of sp³-hybridized carbons (Fsp3) is 0.217. The van der Waals surface area contributed by atoms with E-state index in [1.165, 1.54) is 0 Å². The zero-order valence-electron chi connectivity index (χ0n) is 16.5. The number of carbonyl (C=O) groups excluding carboxylic acids is 1. The van der Waals surface area contributed by atoms with Crippen molar-refractivity contribution in [1.82, 2.24) is 19.9 Å². The van der Waals surface area contributed by atoms with Crippen LogP contribution in [0.4, 0.5) is 0 Å². The van der Waals surface area contributed by atoms with Crippen LogP contribution in [0.25, 0.3) is 33.1 Å². The highest BCUT2D eigenvalue weighted by Crippen LogP contribution is 2.23. The molecule has 1 amide bonds. The highest BCUT2D eigenvalue weighted by atomic mass is 16.5. The Morgan fingerprint density at radius 3 is 2.83 bits per heavy atom. The molecule has 1 aliphatic rings. The fourth-order valence-electron chi connectivity index (χ4n) is 3.54. The summed E-state index contributed by atoms with van der Waals surface area (Å²) in [5.74, 6) is 0.267. The van der Waals surface area contributed by atoms with Crippen LogP contribution in [0, 0.1) is 5.92 Å². The van der Waals surface area contributed by atoms with Gasteiger partial charge >= 0.3 is 0 Å². The number of rotatable bonds is 4. The Balaban J connectivity index is 1.47. The standard InChI is InChI=1S/C23H20N4O3/c1-27-7-6-15-8-16(2-4-18(15)23(27)29)21-11-24-19-5-3-17(9-20(19)26-21)22(28)25-10-14-12-30-13-14/h2-9,11,14H,10,12-13H2,1H3,(H,25,28). The minimum absolute atomic E-state index is 0.0345. The molecule has 7 heteroatoms. The summed E-state index contributed by atoms with van der Waals surface area (Å²) in [6.45, 7) is 2.01. The molecule has 0 unspecified atom stereocenters. The van der Waals surface area contributed by atoms with Crippen molar-refractivity contribution in [3.63, 3.8) is 0 Å². The molecule has 5 rings (SSSR count). The van der Waals surface area contributed by atoms with Gasteiger partial charge in [-0.2, -0.15) is 0 Å². The van der Waals surface area contributed by atoms with E-state index in [4.69, 9.17) is 9.72 Å². The Morgan fingerprint density at radius 2 is 2.03 bits per heavy atom. The predicted molar refractivity (Wildman–Crippen MR) is 114 cm³/mol. The van der Waals surface area contributed by atoms with Crippen molar-refractivity contribution < 1.29 is 9.53 Å². The number of pyridine rings is 1. The average molecular weight is 400 g/mol. The lowest BCUT2D eigenvalue weighted by molar-refractivity contribution is -0.0298. The summed E-state index contributed by atoms with van der Waals surface area (Å²) in [4.78, 5) is 33.9. The third kappa shape index (κ3) is 3.33. The normalized spacial score (nSPS) is 14.0. The van der Waals surface area contributed by atoms with Crippen LogP contribution in [0.3, 0.4) is 0 Å². The molecular weight excluding hydrogens is 380 g/mol. The van der Waals surface area contributed by atoms with Crippen molar-refractivity contribution in [3.8, 4) is 11.3 Å². The van der Waals surface area contributed by atoms with Gasteiger partial charge in [-0.3, -0.25) is 14.6 Å². The maximum atomic E-state index is 12.5. The molecule has 0 bridgehead atoms. The Hall–Kier alpha value is -3.58. The van der Waals surface area contributed by atoms with Gasteiger partial charge in [0.2, 0.25) is 0 Å². The summed E-state index contributed by atoms with van der Waals surface area (Å²) in [6.07, 6.45) is 3.46. The summed E-state index contributed by atoms with van der Waals surface area (Å²) in [5, 5.41) is 4.46. The van der Waals surface area contributed by atoms with Gasteiger partial charge in [0, 0.05) is 42.2 Å². The quantitative estimate of drug-likeness (QED) is 0.569. The van der Waals surface area contributed by atoms with E-state index in [0.717, 1.165) is 16.5 Å². The Labute approximate surface area is 172 Å². The van der Waals surface area contributed by atoms with Crippen molar-refractivity contribution in [2.75, 3.05) is 19.8 Å². The van der Waals surface area contributed by atoms with Gasteiger partial charge in [-0.05, 0) is 41.8 Å². The predicted octanol–water partition coefficient (Wildman–Crippen LogP) is 2.52. The maximum absolute atomic E-state index is 12.5. The third-order valence-corrected chi connectivity index (χ3v) is 5.44. The molecule has 4 aromatic rings. The number of hydrogen-bond acceptors (Lipinski definition) is 5. The number of fused-ring (bicyclic) bond motifs is 2. The number of carbonyl (C=O) groups is 1. The van der Waals surface area contributed by atoms with E-state index in [2.05, 4.69) is 10.3 Å². The van der Waals surface area contributed by atoms with E-state index in [1.807, 2.05) is 24.3 Å². The molecule has 0 radical (unpaired) electrons. The summed E-state index contributed by atoms with van der Waals surface area (Å²) in [6, 6.07) is 12.8. The van der Waals surface area contributed by atoms with Gasteiger partial charge in [-0.15, -0.1) is 0 Å². The molecule has 0 spiro atoms. The second kappa shape index (κ2) is 7.35. The van der Waals surface area contributed by atoms with E-state index < -0.39 is 0 Å². The number of hydrogen-bond donors (Lipinski definition) is 1. The van der Waals surface area contributed by atoms with Crippen LogP contribution in [0.2, 0.25) is 0 Å². The number of ether oxygens (including phenoxy) is 1. The number of aromatic nitrogens is 3. The Bertz CT molecular complexity index is 1340. The number of amides is 1. The molecule has 0 atom stereocenters. The molecular formula is C23H20N4O3. The monoisotopic (exact) mass is 400 g/mol. The molecule has 1 N–H and O–H groups in total. The van der Waals surface area contributed by atoms with E-state index >= 15 is 0 Å². The lowest BCUT2D eigenvalue weighted by Crippen LogP contribution is -2.39. The van der Waals surface area contributed by atoms with Gasteiger partial charge in [-0.1, -0.05) is 6.07 Å². The van der Waals surface area contributed by atoms with Crippen molar-refractivity contribution >= 4 is 27.7 Å². The first-order valence-electron chi connectivity index (χ1n) is 9.81. The summed E-state index contributed by atoms with van der Waals surface area (Å²) in [5.41, 5.74) is 3.44. The van der Waals surface area contributed by atoms with E-state index in [-0.39, 0.29) is 11.5 Å². The number of aryl methyl sites for hydroxylation is 1. The van der Waals surface area contributed by atoms with Crippen LogP contribution in [0.15, 0.2) is 59.7 Å². The van der Waals surface area contributed by atoms with Gasteiger partial charge < -0.3 is 14.6 Å². The lowest BCUT2D eigenvalue weighted by atomic mass is 10.1. The lowest BCUT2D eigenvalue weighted by Gasteiger charge is -2.25. The Morgan fingerprint density at radius 1 is 1.17 bits per heavy atom. The highest BCUT2D eigenvalue weighted by molar-refractivity contribution is 5.97. The molecule has 2 aromatic carbocycles. The van der Waals surface area contributed by atoms with Crippen LogP contribution in [0.1, 0.15) is 10.4 Å². The van der Waals surface area contributed by atoms with Crippen LogP contribution in [-0.4, -0.2) is 40.2 Å². The first-order valence-corrected chi connectivity index (χ1v) is 9.81. The zero-order valence-corrected chi connectivity index (χ0v) is 16.5. The molecule has 1 fully saturated rings. The molecule has 30 heavy (non-hydrogen) atoms. The minimum Gasteiger partial charge on any atom is -0.381 e. The van der Waals surface area contributed by atoms with Gasteiger partial charge in [0.1, 0.15) is 0 Å². The second-order valence-electron chi connectivity index (χ2n) is 7.61. The molecule has 0 aliphatic carbocycles. The molecule has 3 heterocycles. The average Bonchev–Trinajstić information content (AvgIpc) is 2.74. The van der Waals surface area contributed by atoms with Crippen molar-refractivity contribution in [1.29, 1.82) is 0 Å². The first kappa shape index (κ1) is 18.4. The highest BCUT2D eigenvalue weighted by Gasteiger charge is 2.19. The van der Waals surface area contributed by atoms with Crippen LogP contribution in [-0.2, 0) is 11.8 Å². The second-order valence-corrected chi connectivity index (χ2v) is 7.61. The number of nitrogens with zero attached hydrogens (tertiary/aromatic N) is 3. The largest absolute Gasteiger partial charge is 0.381 e. The van der Waals surface area contributed by atoms with E-state index in [9.17, 15) is 9.59 Å². The molecule has 150 valence electrons. The molecule has 1 aliphatic heterocycles. The van der Waals surface area contributed by atoms with E-state index in [0.29, 0.717) is 47.8 Å². The molecule has 2 aromatic heterocycles. The van der Waals surface area contributed by atoms with Gasteiger partial charge in [-0.25, -0.2) is 4.98 Å². The van der Waals surface area contributed by atoms with Gasteiger partial charge in [0.15, 0.2) is 0 Å². The summed E-state index contributed by atoms with van der Waals surface area (Å²) in [7, 11) is 1.73. The van der Waals surface area contributed by atoms with Crippen LogP contribution >= 0.6 is 0 Å². The van der Waals surface area contributed by atoms with Crippen molar-refractivity contribution in [2.24, 2.45) is 13.0 Å². The minimum atomic E-state index is -0.127. The smallest absolute Gasteiger partial charge is 0.258 e. The van der Waals surface area contributed by atoms with Crippen molar-refractivity contribution in [2.45, 2.75) is 0 Å². The zero-order chi connectivity index (χ0) is 20.7. The Kier molecular flexibility index (Phi) is 4.52.